The molecule has 29 heavy (non-hydrogen) atoms. The third kappa shape index (κ3) is 3.70. The minimum atomic E-state index is -3.65. The SMILES string of the molecule is OCC(F)(F)Oc1ccc(-c2nccs2)c2nc(N3CC4CCCC(C3)N4)sc12. The molecule has 0 amide bonds. The summed E-state index contributed by atoms with van der Waals surface area (Å²) in [5.41, 5.74) is 1.40. The molecule has 0 radical (unpaired) electrons. The first-order valence-electron chi connectivity index (χ1n) is 9.54. The van der Waals surface area contributed by atoms with Crippen LogP contribution in [0.2, 0.25) is 0 Å². The highest BCUT2D eigenvalue weighted by atomic mass is 32.1. The third-order valence-corrected chi connectivity index (χ3v) is 7.27. The Morgan fingerprint density at radius 2 is 2.07 bits per heavy atom. The molecule has 6 nitrogen and oxygen atoms in total. The number of alkyl halides is 2. The number of fused-ring (bicyclic) bond motifs is 3. The molecule has 2 aliphatic rings. The number of benzene rings is 1. The molecule has 10 heteroatoms. The van der Waals surface area contributed by atoms with Crippen LogP contribution < -0.4 is 15.0 Å². The number of aromatic nitrogens is 2. The highest BCUT2D eigenvalue weighted by Crippen LogP contribution is 2.43. The lowest BCUT2D eigenvalue weighted by atomic mass is 9.94. The third-order valence-electron chi connectivity index (χ3n) is 5.33. The van der Waals surface area contributed by atoms with E-state index in [1.165, 1.54) is 35.2 Å². The van der Waals surface area contributed by atoms with Crippen LogP contribution in [0.3, 0.4) is 0 Å². The number of ether oxygens (including phenoxy) is 1. The van der Waals surface area contributed by atoms with E-state index in [9.17, 15) is 8.78 Å². The Morgan fingerprint density at radius 1 is 1.28 bits per heavy atom. The van der Waals surface area contributed by atoms with Gasteiger partial charge in [0.1, 0.15) is 17.4 Å². The second kappa shape index (κ2) is 7.42. The van der Waals surface area contributed by atoms with Crippen LogP contribution in [0.25, 0.3) is 20.8 Å². The van der Waals surface area contributed by atoms with Gasteiger partial charge < -0.3 is 20.1 Å². The number of anilines is 1. The molecule has 3 aromatic rings. The first-order chi connectivity index (χ1) is 14.0. The number of piperidine rings is 1. The second-order valence-electron chi connectivity index (χ2n) is 7.42. The van der Waals surface area contributed by atoms with Crippen LogP contribution >= 0.6 is 22.7 Å². The maximum atomic E-state index is 13.7. The lowest BCUT2D eigenvalue weighted by molar-refractivity contribution is -0.200. The van der Waals surface area contributed by atoms with Crippen LogP contribution in [0.5, 0.6) is 5.75 Å². The molecule has 2 atom stereocenters. The zero-order valence-corrected chi connectivity index (χ0v) is 17.1. The predicted octanol–water partition coefficient (Wildman–Crippen LogP) is 3.71. The minimum Gasteiger partial charge on any atom is -0.429 e. The van der Waals surface area contributed by atoms with Gasteiger partial charge in [-0.25, -0.2) is 9.97 Å². The predicted molar refractivity (Wildman–Crippen MR) is 110 cm³/mol. The number of piperazine rings is 1. The number of nitrogens with one attached hydrogen (secondary N) is 1. The van der Waals surface area contributed by atoms with E-state index in [1.807, 2.05) is 5.38 Å². The molecule has 2 saturated heterocycles. The fourth-order valence-corrected chi connectivity index (χ4v) is 5.80. The molecule has 2 fully saturated rings. The molecule has 0 spiro atoms. The summed E-state index contributed by atoms with van der Waals surface area (Å²) >= 11 is 2.83. The smallest absolute Gasteiger partial charge is 0.421 e. The zero-order chi connectivity index (χ0) is 20.0. The number of thiazole rings is 2. The van der Waals surface area contributed by atoms with Crippen molar-refractivity contribution >= 4 is 38.0 Å². The van der Waals surface area contributed by atoms with Gasteiger partial charge in [0.15, 0.2) is 5.13 Å². The summed E-state index contributed by atoms with van der Waals surface area (Å²) in [5.74, 6) is 0.0263. The maximum Gasteiger partial charge on any atom is 0.421 e. The van der Waals surface area contributed by atoms with E-state index in [1.54, 1.807) is 12.3 Å². The van der Waals surface area contributed by atoms with Gasteiger partial charge in [0, 0.05) is 42.3 Å². The Bertz CT molecular complexity index is 999. The summed E-state index contributed by atoms with van der Waals surface area (Å²) < 4.78 is 32.9. The van der Waals surface area contributed by atoms with E-state index in [-0.39, 0.29) is 5.75 Å². The standard InChI is InChI=1S/C19H20F2N4O2S2/c20-19(21,10-26)27-14-5-4-13(17-22-6-7-28-17)15-16(14)29-18(24-15)25-8-11-2-1-3-12(9-25)23-11/h4-7,11-12,23,26H,1-3,8-10H2. The van der Waals surface area contributed by atoms with E-state index in [4.69, 9.17) is 14.8 Å². The summed E-state index contributed by atoms with van der Waals surface area (Å²) in [7, 11) is 0. The molecule has 2 bridgehead atoms. The van der Waals surface area contributed by atoms with E-state index < -0.39 is 12.7 Å². The van der Waals surface area contributed by atoms with Crippen molar-refractivity contribution in [3.63, 3.8) is 0 Å². The molecule has 2 aromatic heterocycles. The first-order valence-corrected chi connectivity index (χ1v) is 11.2. The van der Waals surface area contributed by atoms with Crippen LogP contribution in [-0.2, 0) is 0 Å². The molecule has 2 unspecified atom stereocenters. The molecule has 0 aliphatic carbocycles. The molecule has 2 N–H and O–H groups in total. The van der Waals surface area contributed by atoms with Crippen LogP contribution in [-0.4, -0.2) is 53.0 Å². The Hall–Kier alpha value is -1.88. The van der Waals surface area contributed by atoms with Gasteiger partial charge in [-0.3, -0.25) is 0 Å². The summed E-state index contributed by atoms with van der Waals surface area (Å²) in [4.78, 5) is 11.4. The fourth-order valence-electron chi connectivity index (χ4n) is 4.07. The summed E-state index contributed by atoms with van der Waals surface area (Å²) in [5, 5.41) is 16.0. The Labute approximate surface area is 174 Å². The van der Waals surface area contributed by atoms with E-state index in [0.29, 0.717) is 22.3 Å². The quantitative estimate of drug-likeness (QED) is 0.633. The van der Waals surface area contributed by atoms with Crippen molar-refractivity contribution in [2.75, 3.05) is 24.6 Å². The molecule has 154 valence electrons. The molecule has 5 rings (SSSR count). The van der Waals surface area contributed by atoms with Crippen molar-refractivity contribution < 1.29 is 18.6 Å². The van der Waals surface area contributed by atoms with Crippen LogP contribution in [0.4, 0.5) is 13.9 Å². The molecule has 0 saturated carbocycles. The van der Waals surface area contributed by atoms with Gasteiger partial charge in [0.25, 0.3) is 0 Å². The monoisotopic (exact) mass is 438 g/mol. The van der Waals surface area contributed by atoms with Crippen molar-refractivity contribution in [2.45, 2.75) is 37.5 Å². The summed E-state index contributed by atoms with van der Waals surface area (Å²) in [6, 6.07) is 4.08. The average Bonchev–Trinajstić information content (AvgIpc) is 3.38. The zero-order valence-electron chi connectivity index (χ0n) is 15.5. The van der Waals surface area contributed by atoms with Gasteiger partial charge in [-0.2, -0.15) is 8.78 Å². The molecule has 4 heterocycles. The van der Waals surface area contributed by atoms with Gasteiger partial charge in [0.05, 0.1) is 10.2 Å². The van der Waals surface area contributed by atoms with Crippen LogP contribution in [0, 0.1) is 0 Å². The Morgan fingerprint density at radius 3 is 2.76 bits per heavy atom. The van der Waals surface area contributed by atoms with Gasteiger partial charge in [-0.1, -0.05) is 17.8 Å². The number of halogens is 2. The van der Waals surface area contributed by atoms with Crippen molar-refractivity contribution in [3.8, 4) is 16.3 Å². The number of hydrogen-bond acceptors (Lipinski definition) is 8. The number of rotatable bonds is 5. The van der Waals surface area contributed by atoms with E-state index >= 15 is 0 Å². The van der Waals surface area contributed by atoms with Gasteiger partial charge in [-0.15, -0.1) is 11.3 Å². The topological polar surface area (TPSA) is 70.5 Å². The van der Waals surface area contributed by atoms with Gasteiger partial charge in [-0.05, 0) is 25.0 Å². The Balaban J connectivity index is 1.58. The van der Waals surface area contributed by atoms with Crippen LogP contribution in [0.1, 0.15) is 19.3 Å². The average molecular weight is 439 g/mol. The molecular formula is C19H20F2N4O2S2. The van der Waals surface area contributed by atoms with Gasteiger partial charge in [0.2, 0.25) is 0 Å². The lowest BCUT2D eigenvalue weighted by Crippen LogP contribution is -2.58. The second-order valence-corrected chi connectivity index (χ2v) is 9.29. The molecule has 2 aliphatic heterocycles. The highest BCUT2D eigenvalue weighted by molar-refractivity contribution is 7.22. The number of aliphatic hydroxyl groups excluding tert-OH is 1. The highest BCUT2D eigenvalue weighted by Gasteiger charge is 2.34. The molecular weight excluding hydrogens is 418 g/mol. The van der Waals surface area contributed by atoms with Crippen molar-refractivity contribution in [1.82, 2.24) is 15.3 Å². The fraction of sp³-hybridized carbons (Fsp3) is 0.474. The summed E-state index contributed by atoms with van der Waals surface area (Å²) in [6.45, 7) is 0.327. The largest absolute Gasteiger partial charge is 0.429 e. The summed E-state index contributed by atoms with van der Waals surface area (Å²) in [6.07, 6.45) is 1.57. The molecule has 1 aromatic carbocycles. The number of aliphatic hydroxyl groups is 1. The normalized spacial score (nSPS) is 22.2. The number of hydrogen-bond donors (Lipinski definition) is 2. The maximum absolute atomic E-state index is 13.7. The van der Waals surface area contributed by atoms with E-state index in [0.717, 1.165) is 41.6 Å². The van der Waals surface area contributed by atoms with Crippen molar-refractivity contribution in [3.05, 3.63) is 23.7 Å². The lowest BCUT2D eigenvalue weighted by Gasteiger charge is -2.42. The van der Waals surface area contributed by atoms with Crippen LogP contribution in [0.15, 0.2) is 23.7 Å². The number of nitrogens with zero attached hydrogens (tertiary/aromatic N) is 3. The van der Waals surface area contributed by atoms with Crippen molar-refractivity contribution in [1.29, 1.82) is 0 Å². The minimum absolute atomic E-state index is 0.0263. The van der Waals surface area contributed by atoms with E-state index in [2.05, 4.69) is 15.2 Å². The first kappa shape index (κ1) is 19.1. The van der Waals surface area contributed by atoms with Gasteiger partial charge >= 0.3 is 6.11 Å². The Kier molecular flexibility index (Phi) is 4.89. The van der Waals surface area contributed by atoms with Crippen molar-refractivity contribution in [2.24, 2.45) is 0 Å².